The van der Waals surface area contributed by atoms with E-state index in [4.69, 9.17) is 4.74 Å². The van der Waals surface area contributed by atoms with Gasteiger partial charge < -0.3 is 9.64 Å². The van der Waals surface area contributed by atoms with Gasteiger partial charge in [0.1, 0.15) is 11.6 Å². The van der Waals surface area contributed by atoms with Crippen LogP contribution < -0.4 is 4.74 Å². The molecule has 1 heterocycles. The lowest BCUT2D eigenvalue weighted by atomic mass is 9.87. The summed E-state index contributed by atoms with van der Waals surface area (Å²) in [7, 11) is 1.62. The molecule has 0 saturated carbocycles. The first-order valence-corrected chi connectivity index (χ1v) is 13.0. The lowest BCUT2D eigenvalue weighted by molar-refractivity contribution is 0.118. The van der Waals surface area contributed by atoms with Crippen LogP contribution in [0.15, 0.2) is 59.7 Å². The van der Waals surface area contributed by atoms with Crippen molar-refractivity contribution in [2.75, 3.05) is 20.2 Å². The molecule has 3 atom stereocenters. The summed E-state index contributed by atoms with van der Waals surface area (Å²) in [5, 5.41) is 0. The number of fused-ring (bicyclic) bond motifs is 1. The Morgan fingerprint density at radius 1 is 1.18 bits per heavy atom. The van der Waals surface area contributed by atoms with Crippen molar-refractivity contribution >= 4 is 5.57 Å². The first-order valence-electron chi connectivity index (χ1n) is 13.0. The highest BCUT2D eigenvalue weighted by molar-refractivity contribution is 5.84. The number of hydrogen-bond acceptors (Lipinski definition) is 2. The van der Waals surface area contributed by atoms with Gasteiger partial charge in [0.05, 0.1) is 7.11 Å². The van der Waals surface area contributed by atoms with Gasteiger partial charge in [-0.05, 0) is 86.5 Å². The zero-order chi connectivity index (χ0) is 23.8. The molecule has 0 spiro atoms. The zero-order valence-corrected chi connectivity index (χ0v) is 21.2. The van der Waals surface area contributed by atoms with Gasteiger partial charge in [-0.1, -0.05) is 64.0 Å². The van der Waals surface area contributed by atoms with Crippen LogP contribution in [0.5, 0.6) is 5.75 Å². The van der Waals surface area contributed by atoms with Crippen LogP contribution in [0.2, 0.25) is 0 Å². The summed E-state index contributed by atoms with van der Waals surface area (Å²) in [6.45, 7) is 11.1. The van der Waals surface area contributed by atoms with Crippen molar-refractivity contribution in [3.63, 3.8) is 0 Å². The van der Waals surface area contributed by atoms with E-state index in [0.717, 1.165) is 17.9 Å². The van der Waals surface area contributed by atoms with Crippen LogP contribution in [0.1, 0.15) is 73.2 Å². The van der Waals surface area contributed by atoms with Crippen LogP contribution in [-0.4, -0.2) is 31.1 Å². The number of hydrogen-bond donors (Lipinski definition) is 0. The minimum atomic E-state index is -0.196. The monoisotopic (exact) mass is 453 g/mol. The molecule has 3 aliphatic rings. The lowest BCUT2D eigenvalue weighted by Gasteiger charge is -2.37. The molecule has 1 aromatic rings. The molecule has 182 valence electrons. The van der Waals surface area contributed by atoms with E-state index in [1.807, 2.05) is 13.8 Å². The zero-order valence-electron chi connectivity index (χ0n) is 21.2. The van der Waals surface area contributed by atoms with Crippen molar-refractivity contribution in [1.29, 1.82) is 0 Å². The Labute approximate surface area is 202 Å². The number of methoxy groups -OCH3 is 1. The summed E-state index contributed by atoms with van der Waals surface area (Å²) >= 11 is 0. The molecule has 0 radical (unpaired) electrons. The van der Waals surface area contributed by atoms with Crippen molar-refractivity contribution in [3.8, 4) is 5.75 Å². The van der Waals surface area contributed by atoms with Crippen LogP contribution in [0.25, 0.3) is 5.57 Å². The molecule has 1 aliphatic heterocycles. The highest BCUT2D eigenvalue weighted by Gasteiger charge is 2.25. The average Bonchev–Trinajstić information content (AvgIpc) is 3.25. The van der Waals surface area contributed by atoms with E-state index in [0.29, 0.717) is 17.4 Å². The van der Waals surface area contributed by atoms with E-state index in [9.17, 15) is 4.39 Å². The second-order valence-electron chi connectivity index (χ2n) is 9.35. The molecule has 3 unspecified atom stereocenters. The molecule has 2 aliphatic carbocycles. The first-order chi connectivity index (χ1) is 16.1. The number of allylic oxidation sites excluding steroid dienone is 8. The van der Waals surface area contributed by atoms with Crippen LogP contribution in [-0.2, 0) is 0 Å². The number of piperidine rings is 1. The van der Waals surface area contributed by atoms with E-state index >= 15 is 0 Å². The van der Waals surface area contributed by atoms with Crippen molar-refractivity contribution in [2.24, 2.45) is 11.8 Å². The summed E-state index contributed by atoms with van der Waals surface area (Å²) in [5.74, 6) is 1.67. The van der Waals surface area contributed by atoms with Gasteiger partial charge >= 0.3 is 0 Å². The molecule has 1 aromatic carbocycles. The predicted octanol–water partition coefficient (Wildman–Crippen LogP) is 8.22. The molecule has 1 saturated heterocycles. The Balaban J connectivity index is 0.00000133. The van der Waals surface area contributed by atoms with Crippen molar-refractivity contribution in [1.82, 2.24) is 4.90 Å². The number of rotatable bonds is 8. The lowest BCUT2D eigenvalue weighted by Crippen LogP contribution is -2.41. The first kappa shape index (κ1) is 25.5. The van der Waals surface area contributed by atoms with Crippen molar-refractivity contribution in [2.45, 2.75) is 72.3 Å². The minimum Gasteiger partial charge on any atom is -0.497 e. The van der Waals surface area contributed by atoms with E-state index in [2.05, 4.69) is 49.1 Å². The molecular weight excluding hydrogens is 409 g/mol. The van der Waals surface area contributed by atoms with E-state index in [1.54, 1.807) is 19.2 Å². The Hall–Kier alpha value is -2.13. The van der Waals surface area contributed by atoms with E-state index < -0.39 is 0 Å². The van der Waals surface area contributed by atoms with E-state index in [-0.39, 0.29) is 13.2 Å². The normalized spacial score (nSPS) is 24.3. The highest BCUT2D eigenvalue weighted by atomic mass is 19.1. The summed E-state index contributed by atoms with van der Waals surface area (Å²) in [6.07, 6.45) is 18.7. The maximum atomic E-state index is 14.6. The number of halogens is 1. The molecule has 2 nitrogen and oxygen atoms in total. The standard InChI is InChI=1S/C28H36FNO.C2H6.H2/c1-4-6-21-14-16-30(20(2)17-21)15-5-7-22-8-9-23-10-12-25(26(23)18-22)27-19-24(31-3)11-13-28(27)29;1-2;/h8-13,18-21,23H,4-7,14-17H2,1-3H3;1-2H3;1H. The Bertz CT molecular complexity index is 916. The van der Waals surface area contributed by atoms with Crippen molar-refractivity contribution < 1.29 is 10.6 Å². The Kier molecular flexibility index (Phi) is 9.55. The number of nitrogens with zero attached hydrogens (tertiary/aromatic N) is 1. The molecule has 4 rings (SSSR count). The van der Waals surface area contributed by atoms with Crippen LogP contribution in [0.3, 0.4) is 0 Å². The van der Waals surface area contributed by atoms with Gasteiger partial charge in [0.15, 0.2) is 0 Å². The third kappa shape index (κ3) is 6.26. The fraction of sp³-hybridized carbons (Fsp3) is 0.533. The van der Waals surface area contributed by atoms with Gasteiger partial charge in [-0.15, -0.1) is 0 Å². The summed E-state index contributed by atoms with van der Waals surface area (Å²) < 4.78 is 19.9. The average molecular weight is 454 g/mol. The molecule has 0 N–H and O–H groups in total. The molecule has 33 heavy (non-hydrogen) atoms. The molecule has 0 amide bonds. The third-order valence-electron chi connectivity index (χ3n) is 7.19. The van der Waals surface area contributed by atoms with Crippen LogP contribution in [0, 0.1) is 17.7 Å². The topological polar surface area (TPSA) is 12.5 Å². The summed E-state index contributed by atoms with van der Waals surface area (Å²) in [4.78, 5) is 2.68. The molecule has 1 fully saturated rings. The smallest absolute Gasteiger partial charge is 0.131 e. The number of ether oxygens (including phenoxy) is 1. The molecule has 0 aromatic heterocycles. The van der Waals surface area contributed by atoms with Gasteiger partial charge in [-0.25, -0.2) is 4.39 Å². The van der Waals surface area contributed by atoms with Crippen molar-refractivity contribution in [3.05, 3.63) is 71.1 Å². The van der Waals surface area contributed by atoms with E-state index in [1.165, 1.54) is 62.4 Å². The maximum absolute atomic E-state index is 14.6. The molecular formula is C30H44FNO. The quantitative estimate of drug-likeness (QED) is 0.393. The fourth-order valence-electron chi connectivity index (χ4n) is 5.44. The number of likely N-dealkylation sites (tertiary alicyclic amines) is 1. The van der Waals surface area contributed by atoms with Gasteiger partial charge in [-0.2, -0.15) is 0 Å². The molecule has 0 bridgehead atoms. The summed E-state index contributed by atoms with van der Waals surface area (Å²) in [5.41, 5.74) is 4.17. The van der Waals surface area contributed by atoms with Crippen LogP contribution in [0.4, 0.5) is 4.39 Å². The number of benzene rings is 1. The Morgan fingerprint density at radius 3 is 2.70 bits per heavy atom. The Morgan fingerprint density at radius 2 is 1.97 bits per heavy atom. The SMILES string of the molecule is CC.CCCC1CCN(CCCC2=CC3=C(c4cc(OC)ccc4F)C=CC3C=C2)C(C)C1.[HH]. The second kappa shape index (κ2) is 12.4. The highest BCUT2D eigenvalue weighted by Crippen LogP contribution is 2.39. The van der Waals surface area contributed by atoms with Crippen LogP contribution >= 0.6 is 0 Å². The minimum absolute atomic E-state index is 0. The predicted molar refractivity (Wildman–Crippen MR) is 141 cm³/mol. The maximum Gasteiger partial charge on any atom is 0.131 e. The van der Waals surface area contributed by atoms with Gasteiger partial charge in [0.25, 0.3) is 0 Å². The summed E-state index contributed by atoms with van der Waals surface area (Å²) in [6, 6.07) is 5.68. The third-order valence-corrected chi connectivity index (χ3v) is 7.19. The molecule has 3 heteroatoms. The van der Waals surface area contributed by atoms with Gasteiger partial charge in [-0.3, -0.25) is 0 Å². The van der Waals surface area contributed by atoms with Gasteiger partial charge in [0, 0.05) is 18.9 Å². The second-order valence-corrected chi connectivity index (χ2v) is 9.35. The fourth-order valence-corrected chi connectivity index (χ4v) is 5.44. The van der Waals surface area contributed by atoms with Gasteiger partial charge in [0.2, 0.25) is 0 Å². The largest absolute Gasteiger partial charge is 0.497 e.